The van der Waals surface area contributed by atoms with Crippen molar-refractivity contribution in [3.63, 3.8) is 0 Å². The van der Waals surface area contributed by atoms with E-state index in [2.05, 4.69) is 19.5 Å². The Labute approximate surface area is 216 Å². The Hall–Kier alpha value is -3.41. The van der Waals surface area contributed by atoms with Gasteiger partial charge in [0.05, 0.1) is 17.9 Å². The van der Waals surface area contributed by atoms with Gasteiger partial charge in [-0.05, 0) is 67.1 Å². The Morgan fingerprint density at radius 3 is 2.84 bits per heavy atom. The second kappa shape index (κ2) is 10.2. The lowest BCUT2D eigenvalue weighted by atomic mass is 10.0. The van der Waals surface area contributed by atoms with E-state index < -0.39 is 11.3 Å². The lowest BCUT2D eigenvalue weighted by Crippen LogP contribution is -2.27. The number of rotatable bonds is 7. The van der Waals surface area contributed by atoms with Crippen molar-refractivity contribution in [2.75, 3.05) is 36.0 Å². The summed E-state index contributed by atoms with van der Waals surface area (Å²) in [5.74, 6) is 1.69. The molecule has 0 radical (unpaired) electrons. The predicted octanol–water partition coefficient (Wildman–Crippen LogP) is 3.48. The van der Waals surface area contributed by atoms with Crippen molar-refractivity contribution in [2.24, 2.45) is 5.92 Å². The van der Waals surface area contributed by atoms with Crippen LogP contribution in [-0.4, -0.2) is 54.5 Å². The first-order chi connectivity index (χ1) is 18.0. The van der Waals surface area contributed by atoms with Gasteiger partial charge in [-0.25, -0.2) is 23.6 Å². The number of anilines is 2. The van der Waals surface area contributed by atoms with Gasteiger partial charge in [-0.2, -0.15) is 0 Å². The molecule has 2 aliphatic rings. The molecule has 37 heavy (non-hydrogen) atoms. The Balaban J connectivity index is 1.27. The summed E-state index contributed by atoms with van der Waals surface area (Å²) in [7, 11) is 0. The lowest BCUT2D eigenvalue weighted by molar-refractivity contribution is 0.503. The number of aromatic nitrogens is 4. The van der Waals surface area contributed by atoms with Crippen LogP contribution in [0, 0.1) is 11.7 Å². The third-order valence-corrected chi connectivity index (χ3v) is 7.63. The molecule has 9 nitrogen and oxygen atoms in total. The van der Waals surface area contributed by atoms with Crippen LogP contribution < -0.4 is 14.5 Å². The molecule has 3 aromatic heterocycles. The van der Waals surface area contributed by atoms with Gasteiger partial charge in [0, 0.05) is 37.4 Å². The zero-order valence-electron chi connectivity index (χ0n) is 20.2. The summed E-state index contributed by atoms with van der Waals surface area (Å²) in [4.78, 5) is 13.9. The molecule has 6 rings (SSSR count). The average Bonchev–Trinajstić information content (AvgIpc) is 3.67. The van der Waals surface area contributed by atoms with Crippen molar-refractivity contribution in [1.82, 2.24) is 24.3 Å². The number of nitrogens with zero attached hydrogens (tertiary/aromatic N) is 6. The quantitative estimate of drug-likeness (QED) is 0.372. The largest absolute Gasteiger partial charge is 0.760 e. The Kier molecular flexibility index (Phi) is 6.58. The van der Waals surface area contributed by atoms with E-state index in [0.717, 1.165) is 73.1 Å². The molecule has 192 valence electrons. The van der Waals surface area contributed by atoms with E-state index in [-0.39, 0.29) is 17.8 Å². The lowest BCUT2D eigenvalue weighted by Gasteiger charge is -2.26. The van der Waals surface area contributed by atoms with E-state index in [1.165, 1.54) is 6.07 Å². The molecule has 0 amide bonds. The molecule has 1 N–H and O–H groups in total. The van der Waals surface area contributed by atoms with Gasteiger partial charge < -0.3 is 14.4 Å². The van der Waals surface area contributed by atoms with Gasteiger partial charge in [0.25, 0.3) is 0 Å². The van der Waals surface area contributed by atoms with Gasteiger partial charge in [0.1, 0.15) is 23.1 Å². The SMILES string of the molecule is O=S([O-])NC[C@@H]1CCN(c2cccc(-c3cnc4ccc(N5CCCC5c5cccc(F)c5)nn34)n2)C1. The molecule has 0 aliphatic carbocycles. The minimum absolute atomic E-state index is 0.0747. The summed E-state index contributed by atoms with van der Waals surface area (Å²) >= 11 is -2.24. The number of hydrogen-bond acceptors (Lipinski definition) is 7. The van der Waals surface area contributed by atoms with Crippen molar-refractivity contribution in [3.05, 3.63) is 72.2 Å². The Morgan fingerprint density at radius 1 is 1.08 bits per heavy atom. The molecule has 4 aromatic rings. The second-order valence-electron chi connectivity index (χ2n) is 9.58. The number of nitrogens with one attached hydrogen (secondary N) is 1. The molecule has 5 heterocycles. The van der Waals surface area contributed by atoms with Crippen LogP contribution in [0.4, 0.5) is 16.0 Å². The number of fused-ring (bicyclic) bond motifs is 1. The minimum Gasteiger partial charge on any atom is -0.760 e. The maximum Gasteiger partial charge on any atom is 0.154 e. The van der Waals surface area contributed by atoms with Crippen LogP contribution in [-0.2, 0) is 11.3 Å². The molecular formula is C26H27FN7O2S-. The number of pyridine rings is 1. The number of hydrogen-bond donors (Lipinski definition) is 1. The van der Waals surface area contributed by atoms with Crippen LogP contribution in [0.25, 0.3) is 17.0 Å². The minimum atomic E-state index is -2.24. The van der Waals surface area contributed by atoms with Crippen LogP contribution >= 0.6 is 0 Å². The first-order valence-electron chi connectivity index (χ1n) is 12.5. The molecular weight excluding hydrogens is 493 g/mol. The highest BCUT2D eigenvalue weighted by molar-refractivity contribution is 7.77. The highest BCUT2D eigenvalue weighted by Gasteiger charge is 2.28. The van der Waals surface area contributed by atoms with Crippen molar-refractivity contribution in [2.45, 2.75) is 25.3 Å². The zero-order chi connectivity index (χ0) is 25.4. The van der Waals surface area contributed by atoms with E-state index in [0.29, 0.717) is 6.54 Å². The third-order valence-electron chi connectivity index (χ3n) is 7.23. The average molecular weight is 521 g/mol. The summed E-state index contributed by atoms with van der Waals surface area (Å²) in [6, 6.07) is 16.7. The van der Waals surface area contributed by atoms with Crippen molar-refractivity contribution < 1.29 is 13.2 Å². The Bertz CT molecular complexity index is 1450. The molecule has 0 spiro atoms. The molecule has 0 bridgehead atoms. The molecule has 0 saturated carbocycles. The van der Waals surface area contributed by atoms with E-state index in [9.17, 15) is 13.2 Å². The summed E-state index contributed by atoms with van der Waals surface area (Å²) in [5.41, 5.74) is 3.24. The van der Waals surface area contributed by atoms with Crippen LogP contribution in [0.3, 0.4) is 0 Å². The topological polar surface area (TPSA) is 102 Å². The molecule has 2 aliphatic heterocycles. The zero-order valence-corrected chi connectivity index (χ0v) is 21.0. The van der Waals surface area contributed by atoms with Crippen molar-refractivity contribution >= 4 is 28.5 Å². The molecule has 2 unspecified atom stereocenters. The fourth-order valence-electron chi connectivity index (χ4n) is 5.43. The van der Waals surface area contributed by atoms with Crippen LogP contribution in [0.5, 0.6) is 0 Å². The Morgan fingerprint density at radius 2 is 1.97 bits per heavy atom. The number of halogens is 1. The highest BCUT2D eigenvalue weighted by atomic mass is 32.2. The molecule has 2 fully saturated rings. The predicted molar refractivity (Wildman–Crippen MR) is 139 cm³/mol. The summed E-state index contributed by atoms with van der Waals surface area (Å²) in [6.45, 7) is 2.84. The molecule has 11 heteroatoms. The van der Waals surface area contributed by atoms with Crippen LogP contribution in [0.1, 0.15) is 30.9 Å². The fourth-order valence-corrected chi connectivity index (χ4v) is 5.80. The maximum atomic E-state index is 13.9. The first-order valence-corrected chi connectivity index (χ1v) is 13.5. The summed E-state index contributed by atoms with van der Waals surface area (Å²) in [6.07, 6.45) is 4.64. The summed E-state index contributed by atoms with van der Waals surface area (Å²) < 4.78 is 39.9. The molecule has 2 saturated heterocycles. The summed E-state index contributed by atoms with van der Waals surface area (Å²) in [5, 5.41) is 4.94. The van der Waals surface area contributed by atoms with Gasteiger partial charge in [0.2, 0.25) is 0 Å². The van der Waals surface area contributed by atoms with E-state index in [1.54, 1.807) is 18.3 Å². The smallest absolute Gasteiger partial charge is 0.154 e. The monoisotopic (exact) mass is 520 g/mol. The number of imidazole rings is 1. The standard InChI is InChI=1S/C26H28FN7O2S/c27-20-5-1-4-19(14-20)22-7-3-12-33(22)26-10-9-24-28-16-23(34(24)31-26)21-6-2-8-25(30-21)32-13-11-18(17-32)15-29-37(35)36/h1-2,4-6,8-10,14,16,18,22,29H,3,7,11-13,15,17H2,(H,35,36)/p-1/t18-,22?/m0/s1. The van der Waals surface area contributed by atoms with Crippen molar-refractivity contribution in [3.8, 4) is 11.4 Å². The van der Waals surface area contributed by atoms with E-state index in [4.69, 9.17) is 10.1 Å². The maximum absolute atomic E-state index is 13.9. The fraction of sp³-hybridized carbons (Fsp3) is 0.346. The first kappa shape index (κ1) is 24.0. The van der Waals surface area contributed by atoms with Gasteiger partial charge in [-0.3, -0.25) is 4.21 Å². The van der Waals surface area contributed by atoms with E-state index in [1.807, 2.05) is 40.9 Å². The van der Waals surface area contributed by atoms with Gasteiger partial charge in [-0.15, -0.1) is 5.10 Å². The van der Waals surface area contributed by atoms with Gasteiger partial charge >= 0.3 is 0 Å². The van der Waals surface area contributed by atoms with Gasteiger partial charge in [-0.1, -0.05) is 18.2 Å². The third kappa shape index (κ3) is 4.94. The van der Waals surface area contributed by atoms with Crippen LogP contribution in [0.2, 0.25) is 0 Å². The van der Waals surface area contributed by atoms with E-state index >= 15 is 0 Å². The highest BCUT2D eigenvalue weighted by Crippen LogP contribution is 2.36. The molecule has 3 atom stereocenters. The second-order valence-corrected chi connectivity index (χ2v) is 10.3. The van der Waals surface area contributed by atoms with Crippen LogP contribution in [0.15, 0.2) is 60.8 Å². The molecule has 1 aromatic carbocycles. The number of benzene rings is 1. The normalized spacial score (nSPS) is 20.7. The van der Waals surface area contributed by atoms with Gasteiger partial charge in [0.15, 0.2) is 5.65 Å². The van der Waals surface area contributed by atoms with Crippen molar-refractivity contribution in [1.29, 1.82) is 0 Å².